The van der Waals surface area contributed by atoms with Gasteiger partial charge in [-0.15, -0.1) is 0 Å². The fourth-order valence-electron chi connectivity index (χ4n) is 4.09. The topological polar surface area (TPSA) is 84.5 Å². The smallest absolute Gasteiger partial charge is 0.329 e. The van der Waals surface area contributed by atoms with E-state index in [4.69, 9.17) is 4.74 Å². The van der Waals surface area contributed by atoms with Gasteiger partial charge in [0.1, 0.15) is 6.04 Å². The SMILES string of the molecule is COC(=O)[C@H](NC(=O)c1ccc(NC(C)=O)cc1)C1c2ccccc2-c2ccccc21. The van der Waals surface area contributed by atoms with E-state index in [1.807, 2.05) is 48.5 Å². The molecule has 1 atom stereocenters. The van der Waals surface area contributed by atoms with Crippen molar-refractivity contribution in [2.45, 2.75) is 18.9 Å². The third-order valence-corrected chi connectivity index (χ3v) is 5.42. The summed E-state index contributed by atoms with van der Waals surface area (Å²) in [5, 5.41) is 5.53. The molecule has 1 aliphatic carbocycles. The first-order valence-electron chi connectivity index (χ1n) is 9.94. The number of ether oxygens (including phenoxy) is 1. The Labute approximate surface area is 180 Å². The van der Waals surface area contributed by atoms with Gasteiger partial charge >= 0.3 is 5.97 Å². The van der Waals surface area contributed by atoms with Crippen molar-refractivity contribution in [3.63, 3.8) is 0 Å². The van der Waals surface area contributed by atoms with Crippen LogP contribution in [0.5, 0.6) is 0 Å². The Morgan fingerprint density at radius 1 is 0.839 bits per heavy atom. The molecular weight excluding hydrogens is 392 g/mol. The number of esters is 1. The molecular formula is C25H22N2O4. The third kappa shape index (κ3) is 3.92. The molecule has 2 amide bonds. The van der Waals surface area contributed by atoms with Gasteiger partial charge in [0.2, 0.25) is 5.91 Å². The van der Waals surface area contributed by atoms with Gasteiger partial charge in [-0.2, -0.15) is 0 Å². The number of amides is 2. The van der Waals surface area contributed by atoms with Crippen LogP contribution in [0.3, 0.4) is 0 Å². The van der Waals surface area contributed by atoms with Crippen LogP contribution in [0.2, 0.25) is 0 Å². The quantitative estimate of drug-likeness (QED) is 0.623. The molecule has 0 spiro atoms. The zero-order chi connectivity index (χ0) is 22.0. The van der Waals surface area contributed by atoms with E-state index in [0.717, 1.165) is 22.3 Å². The summed E-state index contributed by atoms with van der Waals surface area (Å²) in [4.78, 5) is 37.0. The highest BCUT2D eigenvalue weighted by molar-refractivity contribution is 5.98. The number of carbonyl (C=O) groups is 3. The van der Waals surface area contributed by atoms with Crippen molar-refractivity contribution in [1.82, 2.24) is 5.32 Å². The number of methoxy groups -OCH3 is 1. The Kier molecular flexibility index (Phi) is 5.54. The highest BCUT2D eigenvalue weighted by atomic mass is 16.5. The number of nitrogens with one attached hydrogen (secondary N) is 2. The molecule has 6 heteroatoms. The van der Waals surface area contributed by atoms with Gasteiger partial charge in [-0.3, -0.25) is 9.59 Å². The monoisotopic (exact) mass is 414 g/mol. The molecule has 0 fully saturated rings. The van der Waals surface area contributed by atoms with Gasteiger partial charge in [-0.1, -0.05) is 48.5 Å². The van der Waals surface area contributed by atoms with Crippen LogP contribution >= 0.6 is 0 Å². The maximum Gasteiger partial charge on any atom is 0.329 e. The highest BCUT2D eigenvalue weighted by Gasteiger charge is 2.39. The second kappa shape index (κ2) is 8.44. The van der Waals surface area contributed by atoms with Crippen LogP contribution < -0.4 is 10.6 Å². The molecule has 3 aromatic carbocycles. The molecule has 0 aliphatic heterocycles. The van der Waals surface area contributed by atoms with Gasteiger partial charge in [0.05, 0.1) is 7.11 Å². The molecule has 0 aromatic heterocycles. The Bertz CT molecular complexity index is 1110. The third-order valence-electron chi connectivity index (χ3n) is 5.42. The summed E-state index contributed by atoms with van der Waals surface area (Å²) in [5.74, 6) is -1.46. The molecule has 1 aliphatic rings. The molecule has 2 N–H and O–H groups in total. The summed E-state index contributed by atoms with van der Waals surface area (Å²) >= 11 is 0. The summed E-state index contributed by atoms with van der Waals surface area (Å²) in [7, 11) is 1.32. The van der Waals surface area contributed by atoms with Gasteiger partial charge in [0.15, 0.2) is 0 Å². The molecule has 4 rings (SSSR count). The number of hydrogen-bond acceptors (Lipinski definition) is 4. The van der Waals surface area contributed by atoms with E-state index in [2.05, 4.69) is 10.6 Å². The van der Waals surface area contributed by atoms with Gasteiger partial charge in [-0.25, -0.2) is 4.79 Å². The molecule has 6 nitrogen and oxygen atoms in total. The highest BCUT2D eigenvalue weighted by Crippen LogP contribution is 2.46. The van der Waals surface area contributed by atoms with Crippen molar-refractivity contribution in [1.29, 1.82) is 0 Å². The lowest BCUT2D eigenvalue weighted by molar-refractivity contribution is -0.143. The lowest BCUT2D eigenvalue weighted by Gasteiger charge is -2.24. The predicted molar refractivity (Wildman–Crippen MR) is 118 cm³/mol. The van der Waals surface area contributed by atoms with Gasteiger partial charge in [-0.05, 0) is 46.5 Å². The van der Waals surface area contributed by atoms with Crippen molar-refractivity contribution < 1.29 is 19.1 Å². The number of hydrogen-bond donors (Lipinski definition) is 2. The van der Waals surface area contributed by atoms with Gasteiger partial charge in [0, 0.05) is 24.1 Å². The van der Waals surface area contributed by atoms with Crippen molar-refractivity contribution in [3.8, 4) is 11.1 Å². The zero-order valence-electron chi connectivity index (χ0n) is 17.2. The Morgan fingerprint density at radius 2 is 1.39 bits per heavy atom. The molecule has 156 valence electrons. The molecule has 0 radical (unpaired) electrons. The van der Waals surface area contributed by atoms with Crippen molar-refractivity contribution in [2.24, 2.45) is 0 Å². The number of benzene rings is 3. The van der Waals surface area contributed by atoms with Gasteiger partial charge < -0.3 is 15.4 Å². The van der Waals surface area contributed by atoms with Crippen molar-refractivity contribution in [2.75, 3.05) is 12.4 Å². The van der Waals surface area contributed by atoms with Crippen LogP contribution in [0.15, 0.2) is 72.8 Å². The second-order valence-electron chi connectivity index (χ2n) is 7.39. The Morgan fingerprint density at radius 3 is 1.90 bits per heavy atom. The summed E-state index contributed by atoms with van der Waals surface area (Å²) in [6.07, 6.45) is 0. The molecule has 0 saturated carbocycles. The molecule has 0 saturated heterocycles. The first-order valence-corrected chi connectivity index (χ1v) is 9.94. The largest absolute Gasteiger partial charge is 0.467 e. The van der Waals surface area contributed by atoms with Crippen molar-refractivity contribution >= 4 is 23.5 Å². The van der Waals surface area contributed by atoms with E-state index in [1.54, 1.807) is 24.3 Å². The van der Waals surface area contributed by atoms with Crippen LogP contribution in [0.25, 0.3) is 11.1 Å². The maximum atomic E-state index is 13.0. The van der Waals surface area contributed by atoms with E-state index < -0.39 is 17.9 Å². The maximum absolute atomic E-state index is 13.0. The van der Waals surface area contributed by atoms with Crippen LogP contribution in [0.1, 0.15) is 34.3 Å². The first-order chi connectivity index (χ1) is 15.0. The summed E-state index contributed by atoms with van der Waals surface area (Å²) in [6.45, 7) is 1.42. The molecule has 0 unspecified atom stereocenters. The zero-order valence-corrected chi connectivity index (χ0v) is 17.2. The standard InChI is InChI=1S/C25H22N2O4/c1-15(28)26-17-13-11-16(12-14-17)24(29)27-23(25(30)31-2)22-20-9-5-3-7-18(20)19-8-4-6-10-21(19)22/h3-14,22-23H,1-2H3,(H,26,28)(H,27,29)/t23-/m1/s1. The first kappa shape index (κ1) is 20.3. The van der Waals surface area contributed by atoms with E-state index in [9.17, 15) is 14.4 Å². The second-order valence-corrected chi connectivity index (χ2v) is 7.39. The lowest BCUT2D eigenvalue weighted by atomic mass is 9.89. The minimum absolute atomic E-state index is 0.193. The molecule has 0 bridgehead atoms. The van der Waals surface area contributed by atoms with Gasteiger partial charge in [0.25, 0.3) is 5.91 Å². The molecule has 0 heterocycles. The summed E-state index contributed by atoms with van der Waals surface area (Å²) in [5.41, 5.74) is 5.01. The minimum atomic E-state index is -0.891. The number of rotatable bonds is 5. The van der Waals surface area contributed by atoms with Crippen LogP contribution in [-0.4, -0.2) is 30.9 Å². The Balaban J connectivity index is 1.67. The van der Waals surface area contributed by atoms with Crippen LogP contribution in [0, 0.1) is 0 Å². The number of carbonyl (C=O) groups excluding carboxylic acids is 3. The molecule has 3 aromatic rings. The average Bonchev–Trinajstić information content (AvgIpc) is 3.11. The lowest BCUT2D eigenvalue weighted by Crippen LogP contribution is -2.45. The normalized spacial score (nSPS) is 13.0. The van der Waals surface area contributed by atoms with Crippen LogP contribution in [0.4, 0.5) is 5.69 Å². The van der Waals surface area contributed by atoms with Crippen molar-refractivity contribution in [3.05, 3.63) is 89.5 Å². The predicted octanol–water partition coefficient (Wildman–Crippen LogP) is 3.73. The summed E-state index contributed by atoms with van der Waals surface area (Å²) < 4.78 is 5.05. The Hall–Kier alpha value is -3.93. The van der Waals surface area contributed by atoms with Crippen LogP contribution in [-0.2, 0) is 14.3 Å². The van der Waals surface area contributed by atoms with E-state index >= 15 is 0 Å². The minimum Gasteiger partial charge on any atom is -0.467 e. The van der Waals surface area contributed by atoms with E-state index in [1.165, 1.54) is 14.0 Å². The summed E-state index contributed by atoms with van der Waals surface area (Å²) in [6, 6.07) is 21.4. The van der Waals surface area contributed by atoms with E-state index in [-0.39, 0.29) is 11.8 Å². The fourth-order valence-corrected chi connectivity index (χ4v) is 4.09. The number of anilines is 1. The number of fused-ring (bicyclic) bond motifs is 3. The average molecular weight is 414 g/mol. The molecule has 31 heavy (non-hydrogen) atoms. The fraction of sp³-hybridized carbons (Fsp3) is 0.160. The van der Waals surface area contributed by atoms with E-state index in [0.29, 0.717) is 11.3 Å².